The van der Waals surface area contributed by atoms with Crippen LogP contribution in [0, 0.1) is 13.8 Å². The topological polar surface area (TPSA) is 53.9 Å². The van der Waals surface area contributed by atoms with Crippen LogP contribution in [0.1, 0.15) is 17.5 Å². The third kappa shape index (κ3) is 5.16. The lowest BCUT2D eigenvalue weighted by Gasteiger charge is -2.31. The van der Waals surface area contributed by atoms with Crippen LogP contribution in [0.25, 0.3) is 0 Å². The van der Waals surface area contributed by atoms with Gasteiger partial charge >= 0.3 is 0 Å². The molecule has 1 aromatic carbocycles. The van der Waals surface area contributed by atoms with Gasteiger partial charge < -0.3 is 15.1 Å². The number of anilines is 1. The highest BCUT2D eigenvalue weighted by Gasteiger charge is 2.33. The lowest BCUT2D eigenvalue weighted by molar-refractivity contribution is -0.857. The second-order valence-electron chi connectivity index (χ2n) is 6.94. The van der Waals surface area contributed by atoms with E-state index in [1.54, 1.807) is 0 Å². The predicted molar refractivity (Wildman–Crippen MR) is 104 cm³/mol. The van der Waals surface area contributed by atoms with Crippen LogP contribution in [0.5, 0.6) is 0 Å². The van der Waals surface area contributed by atoms with Gasteiger partial charge in [-0.3, -0.25) is 0 Å². The monoisotopic (exact) mass is 370 g/mol. The van der Waals surface area contributed by atoms with Gasteiger partial charge in [-0.2, -0.15) is 0 Å². The average molecular weight is 371 g/mol. The first kappa shape index (κ1) is 19.1. The first-order chi connectivity index (χ1) is 11.2. The SMILES string of the molecule is Cc1ccc(NC(=S)N(CC[NH+](C)C)[C@H]2CCS(=O)(=O)C2)cc1C. The Labute approximate surface area is 150 Å². The van der Waals surface area contributed by atoms with Crippen LogP contribution in [0.4, 0.5) is 5.69 Å². The molecule has 1 aliphatic heterocycles. The Morgan fingerprint density at radius 3 is 2.58 bits per heavy atom. The van der Waals surface area contributed by atoms with Crippen molar-refractivity contribution in [2.24, 2.45) is 0 Å². The number of benzene rings is 1. The summed E-state index contributed by atoms with van der Waals surface area (Å²) < 4.78 is 23.7. The fourth-order valence-electron chi connectivity index (χ4n) is 2.83. The van der Waals surface area contributed by atoms with Crippen molar-refractivity contribution in [1.82, 2.24) is 4.90 Å². The van der Waals surface area contributed by atoms with Gasteiger partial charge in [-0.25, -0.2) is 8.42 Å². The van der Waals surface area contributed by atoms with E-state index in [-0.39, 0.29) is 17.5 Å². The molecule has 1 aromatic rings. The first-order valence-electron chi connectivity index (χ1n) is 8.32. The summed E-state index contributed by atoms with van der Waals surface area (Å²) in [4.78, 5) is 3.37. The summed E-state index contributed by atoms with van der Waals surface area (Å²) >= 11 is 5.61. The second kappa shape index (κ2) is 7.80. The molecule has 0 radical (unpaired) electrons. The summed E-state index contributed by atoms with van der Waals surface area (Å²) in [7, 11) is 1.24. The summed E-state index contributed by atoms with van der Waals surface area (Å²) in [5.41, 5.74) is 3.39. The maximum Gasteiger partial charge on any atom is 0.173 e. The molecule has 1 atom stereocenters. The van der Waals surface area contributed by atoms with E-state index in [1.165, 1.54) is 16.0 Å². The molecule has 0 unspecified atom stereocenters. The fourth-order valence-corrected chi connectivity index (χ4v) is 4.92. The van der Waals surface area contributed by atoms with Crippen molar-refractivity contribution < 1.29 is 13.3 Å². The highest BCUT2D eigenvalue weighted by atomic mass is 32.2. The van der Waals surface area contributed by atoms with E-state index in [0.29, 0.717) is 11.5 Å². The molecule has 24 heavy (non-hydrogen) atoms. The smallest absolute Gasteiger partial charge is 0.173 e. The van der Waals surface area contributed by atoms with Crippen molar-refractivity contribution in [1.29, 1.82) is 0 Å². The molecule has 1 heterocycles. The standard InChI is InChI=1S/C17H27N3O2S2/c1-13-5-6-15(11-14(13)2)18-17(23)20(9-8-19(3)4)16-7-10-24(21,22)12-16/h5-6,11,16H,7-10,12H2,1-4H3,(H,18,23)/p+1/t16-/m0/s1. The number of hydrogen-bond acceptors (Lipinski definition) is 3. The second-order valence-corrected chi connectivity index (χ2v) is 9.55. The maximum atomic E-state index is 11.9. The molecule has 134 valence electrons. The van der Waals surface area contributed by atoms with E-state index in [2.05, 4.69) is 50.3 Å². The maximum absolute atomic E-state index is 11.9. The number of sulfone groups is 1. The van der Waals surface area contributed by atoms with Crippen LogP contribution in [-0.2, 0) is 9.84 Å². The van der Waals surface area contributed by atoms with Gasteiger partial charge in [0.25, 0.3) is 0 Å². The average Bonchev–Trinajstić information content (AvgIpc) is 2.83. The first-order valence-corrected chi connectivity index (χ1v) is 10.6. The van der Waals surface area contributed by atoms with E-state index in [1.807, 2.05) is 6.07 Å². The van der Waals surface area contributed by atoms with E-state index in [0.717, 1.165) is 18.8 Å². The summed E-state index contributed by atoms with van der Waals surface area (Å²) in [5.74, 6) is 0.458. The number of hydrogen-bond donors (Lipinski definition) is 2. The number of likely N-dealkylation sites (N-methyl/N-ethyl adjacent to an activating group) is 1. The predicted octanol–water partition coefficient (Wildman–Crippen LogP) is 0.634. The number of nitrogens with zero attached hydrogens (tertiary/aromatic N) is 1. The van der Waals surface area contributed by atoms with Crippen molar-refractivity contribution >= 4 is 32.9 Å². The molecule has 2 N–H and O–H groups in total. The molecule has 0 aliphatic carbocycles. The molecule has 5 nitrogen and oxygen atoms in total. The minimum atomic E-state index is -2.93. The quantitative estimate of drug-likeness (QED) is 0.745. The van der Waals surface area contributed by atoms with Crippen molar-refractivity contribution in [2.45, 2.75) is 26.3 Å². The Morgan fingerprint density at radius 1 is 1.33 bits per heavy atom. The molecule has 1 saturated heterocycles. The lowest BCUT2D eigenvalue weighted by atomic mass is 10.1. The van der Waals surface area contributed by atoms with Crippen LogP contribution in [-0.4, -0.2) is 63.2 Å². The van der Waals surface area contributed by atoms with Crippen LogP contribution < -0.4 is 10.2 Å². The van der Waals surface area contributed by atoms with Gasteiger partial charge in [0.1, 0.15) is 0 Å². The number of rotatable bonds is 5. The molecule has 0 spiro atoms. The summed E-state index contributed by atoms with van der Waals surface area (Å²) in [6.45, 7) is 5.80. The Balaban J connectivity index is 2.12. The van der Waals surface area contributed by atoms with E-state index >= 15 is 0 Å². The summed E-state index contributed by atoms with van der Waals surface area (Å²) in [6.07, 6.45) is 0.653. The lowest BCUT2D eigenvalue weighted by Crippen LogP contribution is -3.06. The highest BCUT2D eigenvalue weighted by molar-refractivity contribution is 7.91. The van der Waals surface area contributed by atoms with Crippen LogP contribution >= 0.6 is 12.2 Å². The third-order valence-corrected chi connectivity index (χ3v) is 6.61. The van der Waals surface area contributed by atoms with Gasteiger partial charge in [0, 0.05) is 11.7 Å². The Kier molecular flexibility index (Phi) is 6.22. The van der Waals surface area contributed by atoms with Gasteiger partial charge in [0.2, 0.25) is 0 Å². The molecular formula is C17H28N3O2S2+. The zero-order chi connectivity index (χ0) is 17.9. The zero-order valence-electron chi connectivity index (χ0n) is 14.9. The highest BCUT2D eigenvalue weighted by Crippen LogP contribution is 2.20. The minimum Gasteiger partial charge on any atom is -0.339 e. The van der Waals surface area contributed by atoms with Gasteiger partial charge in [0.05, 0.1) is 38.7 Å². The van der Waals surface area contributed by atoms with Crippen molar-refractivity contribution in [3.63, 3.8) is 0 Å². The Hall–Kier alpha value is -1.18. The Morgan fingerprint density at radius 2 is 2.04 bits per heavy atom. The summed E-state index contributed by atoms with van der Waals surface area (Å²) in [5, 5.41) is 3.90. The Bertz CT molecular complexity index is 702. The van der Waals surface area contributed by atoms with Crippen molar-refractivity contribution in [3.8, 4) is 0 Å². The molecule has 2 rings (SSSR count). The number of aryl methyl sites for hydroxylation is 2. The molecule has 0 amide bonds. The van der Waals surface area contributed by atoms with Crippen molar-refractivity contribution in [2.75, 3.05) is 44.0 Å². The normalized spacial score (nSPS) is 19.5. The van der Waals surface area contributed by atoms with Gasteiger partial charge in [0.15, 0.2) is 14.9 Å². The van der Waals surface area contributed by atoms with Crippen LogP contribution in [0.15, 0.2) is 18.2 Å². The molecule has 7 heteroatoms. The van der Waals surface area contributed by atoms with Crippen molar-refractivity contribution in [3.05, 3.63) is 29.3 Å². The van der Waals surface area contributed by atoms with E-state index < -0.39 is 9.84 Å². The molecule has 0 saturated carbocycles. The van der Waals surface area contributed by atoms with Crippen LogP contribution in [0.2, 0.25) is 0 Å². The van der Waals surface area contributed by atoms with E-state index in [9.17, 15) is 8.42 Å². The molecule has 1 aliphatic rings. The number of quaternary nitrogens is 1. The molecular weight excluding hydrogens is 342 g/mol. The zero-order valence-corrected chi connectivity index (χ0v) is 16.6. The molecule has 1 fully saturated rings. The molecule has 0 bridgehead atoms. The van der Waals surface area contributed by atoms with Gasteiger partial charge in [-0.05, 0) is 55.7 Å². The fraction of sp³-hybridized carbons (Fsp3) is 0.588. The molecule has 0 aromatic heterocycles. The third-order valence-electron chi connectivity index (χ3n) is 4.52. The van der Waals surface area contributed by atoms with E-state index in [4.69, 9.17) is 12.2 Å². The number of nitrogens with one attached hydrogen (secondary N) is 2. The minimum absolute atomic E-state index is 0.0269. The van der Waals surface area contributed by atoms with Crippen LogP contribution in [0.3, 0.4) is 0 Å². The largest absolute Gasteiger partial charge is 0.339 e. The number of thiocarbonyl (C=S) groups is 1. The summed E-state index contributed by atoms with van der Waals surface area (Å²) in [6, 6.07) is 6.12. The van der Waals surface area contributed by atoms with Gasteiger partial charge in [-0.1, -0.05) is 6.07 Å². The van der Waals surface area contributed by atoms with Gasteiger partial charge in [-0.15, -0.1) is 0 Å².